The second kappa shape index (κ2) is 6.98. The fourth-order valence-electron chi connectivity index (χ4n) is 2.22. The number of carbonyl (C=O) groups is 1. The Hall–Kier alpha value is -1.79. The summed E-state index contributed by atoms with van der Waals surface area (Å²) in [5.74, 6) is -1.51. The third kappa shape index (κ3) is 3.51. The number of nitro groups is 1. The zero-order valence-corrected chi connectivity index (χ0v) is 13.5. The van der Waals surface area contributed by atoms with Crippen molar-refractivity contribution in [3.63, 3.8) is 0 Å². The molecule has 0 bridgehead atoms. The summed E-state index contributed by atoms with van der Waals surface area (Å²) in [6.07, 6.45) is 0.537. The number of hydrogen-bond donors (Lipinski definition) is 0. The van der Waals surface area contributed by atoms with Gasteiger partial charge in [0.15, 0.2) is 0 Å². The zero-order chi connectivity index (χ0) is 16.3. The molecule has 0 fully saturated rings. The third-order valence-corrected chi connectivity index (χ3v) is 4.04. The van der Waals surface area contributed by atoms with Crippen LogP contribution in [0.2, 0.25) is 5.02 Å². The van der Waals surface area contributed by atoms with Crippen LogP contribution >= 0.6 is 27.5 Å². The first-order valence-corrected chi connectivity index (χ1v) is 7.43. The molecule has 4 nitrogen and oxygen atoms in total. The van der Waals surface area contributed by atoms with Gasteiger partial charge in [-0.05, 0) is 30.7 Å². The quantitative estimate of drug-likeness (QED) is 0.426. The Morgan fingerprint density at radius 2 is 2.09 bits per heavy atom. The van der Waals surface area contributed by atoms with Crippen LogP contribution in [0.1, 0.15) is 17.0 Å². The predicted octanol–water partition coefficient (Wildman–Crippen LogP) is 4.68. The van der Waals surface area contributed by atoms with Crippen LogP contribution in [0.5, 0.6) is 0 Å². The number of carbonyl (C=O) groups excluding carboxylic acids is 1. The molecule has 0 aliphatic heterocycles. The molecule has 0 saturated heterocycles. The van der Waals surface area contributed by atoms with E-state index in [1.165, 1.54) is 30.3 Å². The minimum atomic E-state index is -0.901. The fraction of sp³-hybridized carbons (Fsp3) is 0.133. The van der Waals surface area contributed by atoms with Crippen molar-refractivity contribution in [3.8, 4) is 0 Å². The Morgan fingerprint density at radius 3 is 2.68 bits per heavy atom. The molecule has 0 radical (unpaired) electrons. The summed E-state index contributed by atoms with van der Waals surface area (Å²) in [5, 5.41) is 11.2. The topological polar surface area (TPSA) is 60.2 Å². The van der Waals surface area contributed by atoms with E-state index in [1.807, 2.05) is 0 Å². The molecule has 114 valence electrons. The van der Waals surface area contributed by atoms with E-state index in [9.17, 15) is 19.3 Å². The summed E-state index contributed by atoms with van der Waals surface area (Å²) in [6, 6.07) is 8.53. The molecule has 0 saturated carbocycles. The summed E-state index contributed by atoms with van der Waals surface area (Å²) >= 11 is 9.19. The fourth-order valence-corrected chi connectivity index (χ4v) is 2.93. The first-order chi connectivity index (χ1) is 10.4. The zero-order valence-electron chi connectivity index (χ0n) is 11.1. The van der Waals surface area contributed by atoms with Crippen molar-refractivity contribution >= 4 is 39.5 Å². The predicted molar refractivity (Wildman–Crippen MR) is 84.7 cm³/mol. The van der Waals surface area contributed by atoms with Crippen LogP contribution in [-0.2, 0) is 11.2 Å². The monoisotopic (exact) mass is 385 g/mol. The van der Waals surface area contributed by atoms with E-state index in [-0.39, 0.29) is 22.7 Å². The molecular weight excluding hydrogens is 377 g/mol. The molecule has 2 aromatic rings. The van der Waals surface area contributed by atoms with E-state index in [4.69, 9.17) is 11.6 Å². The van der Waals surface area contributed by atoms with E-state index in [0.29, 0.717) is 16.3 Å². The Balaban J connectivity index is 2.46. The maximum atomic E-state index is 13.9. The van der Waals surface area contributed by atoms with Crippen LogP contribution in [0.4, 0.5) is 10.1 Å². The number of nitro benzene ring substituents is 1. The molecule has 22 heavy (non-hydrogen) atoms. The van der Waals surface area contributed by atoms with Crippen LogP contribution in [0.3, 0.4) is 0 Å². The summed E-state index contributed by atoms with van der Waals surface area (Å²) < 4.78 is 14.6. The van der Waals surface area contributed by atoms with Crippen molar-refractivity contribution in [2.45, 2.75) is 12.3 Å². The highest BCUT2D eigenvalue weighted by Crippen LogP contribution is 2.32. The van der Waals surface area contributed by atoms with Crippen molar-refractivity contribution < 1.29 is 14.1 Å². The van der Waals surface area contributed by atoms with E-state index in [0.717, 1.165) is 0 Å². The Bertz CT molecular complexity index is 718. The Labute approximate surface area is 139 Å². The lowest BCUT2D eigenvalue weighted by molar-refractivity contribution is -0.385. The van der Waals surface area contributed by atoms with Gasteiger partial charge in [0.1, 0.15) is 12.1 Å². The molecule has 2 aromatic carbocycles. The van der Waals surface area contributed by atoms with Crippen molar-refractivity contribution in [3.05, 3.63) is 73.0 Å². The highest BCUT2D eigenvalue weighted by Gasteiger charge is 2.23. The summed E-state index contributed by atoms with van der Waals surface area (Å²) in [6.45, 7) is 0. The van der Waals surface area contributed by atoms with Crippen molar-refractivity contribution in [2.24, 2.45) is 0 Å². The minimum Gasteiger partial charge on any atom is -0.303 e. The molecule has 1 unspecified atom stereocenters. The standard InChI is InChI=1S/C15H10BrClFNO3/c16-11-4-5-14(19(21)22)9(7-11)6-10(8-20)15-12(17)2-1-3-13(15)18/h1-5,7-8,10H,6H2. The molecule has 0 amide bonds. The van der Waals surface area contributed by atoms with Gasteiger partial charge in [-0.3, -0.25) is 10.1 Å². The van der Waals surface area contributed by atoms with Gasteiger partial charge < -0.3 is 4.79 Å². The van der Waals surface area contributed by atoms with E-state index in [1.54, 1.807) is 6.07 Å². The summed E-state index contributed by atoms with van der Waals surface area (Å²) in [7, 11) is 0. The first-order valence-electron chi connectivity index (χ1n) is 6.26. The van der Waals surface area contributed by atoms with E-state index < -0.39 is 16.7 Å². The lowest BCUT2D eigenvalue weighted by Gasteiger charge is -2.14. The molecule has 0 aliphatic rings. The second-order valence-electron chi connectivity index (χ2n) is 4.61. The van der Waals surface area contributed by atoms with E-state index in [2.05, 4.69) is 15.9 Å². The second-order valence-corrected chi connectivity index (χ2v) is 5.94. The number of aldehydes is 1. The Morgan fingerprint density at radius 1 is 1.36 bits per heavy atom. The first kappa shape index (κ1) is 16.6. The van der Waals surface area contributed by atoms with Gasteiger partial charge in [-0.1, -0.05) is 33.6 Å². The van der Waals surface area contributed by atoms with Crippen molar-refractivity contribution in [2.75, 3.05) is 0 Å². The van der Waals surface area contributed by atoms with Gasteiger partial charge in [0, 0.05) is 32.6 Å². The molecular formula is C15H10BrClFNO3. The van der Waals surface area contributed by atoms with Gasteiger partial charge in [0.25, 0.3) is 5.69 Å². The SMILES string of the molecule is O=CC(Cc1cc(Br)ccc1[N+](=O)[O-])c1c(F)cccc1Cl. The summed E-state index contributed by atoms with van der Waals surface area (Å²) in [4.78, 5) is 21.9. The largest absolute Gasteiger partial charge is 0.303 e. The molecule has 0 N–H and O–H groups in total. The highest BCUT2D eigenvalue weighted by atomic mass is 79.9. The molecule has 0 aromatic heterocycles. The number of benzene rings is 2. The minimum absolute atomic E-state index is 0.0140. The van der Waals surface area contributed by atoms with Crippen LogP contribution in [-0.4, -0.2) is 11.2 Å². The smallest absolute Gasteiger partial charge is 0.272 e. The number of hydrogen-bond acceptors (Lipinski definition) is 3. The normalized spacial score (nSPS) is 12.0. The average molecular weight is 387 g/mol. The molecule has 7 heteroatoms. The van der Waals surface area contributed by atoms with Crippen LogP contribution < -0.4 is 0 Å². The molecule has 0 heterocycles. The number of halogens is 3. The van der Waals surface area contributed by atoms with Gasteiger partial charge in [-0.2, -0.15) is 0 Å². The molecule has 0 spiro atoms. The van der Waals surface area contributed by atoms with Gasteiger partial charge in [-0.15, -0.1) is 0 Å². The number of nitrogens with zero attached hydrogens (tertiary/aromatic N) is 1. The van der Waals surface area contributed by atoms with Crippen LogP contribution in [0, 0.1) is 15.9 Å². The van der Waals surface area contributed by atoms with Gasteiger partial charge >= 0.3 is 0 Å². The maximum Gasteiger partial charge on any atom is 0.272 e. The lowest BCUT2D eigenvalue weighted by Crippen LogP contribution is -2.09. The lowest BCUT2D eigenvalue weighted by atomic mass is 9.92. The maximum absolute atomic E-state index is 13.9. The average Bonchev–Trinajstić information content (AvgIpc) is 2.45. The molecule has 0 aliphatic carbocycles. The van der Waals surface area contributed by atoms with Crippen LogP contribution in [0.15, 0.2) is 40.9 Å². The van der Waals surface area contributed by atoms with Gasteiger partial charge in [0.2, 0.25) is 0 Å². The van der Waals surface area contributed by atoms with Crippen molar-refractivity contribution in [1.29, 1.82) is 0 Å². The van der Waals surface area contributed by atoms with Crippen LogP contribution in [0.25, 0.3) is 0 Å². The summed E-state index contributed by atoms with van der Waals surface area (Å²) in [5.41, 5.74) is 0.256. The number of rotatable bonds is 5. The van der Waals surface area contributed by atoms with Crippen molar-refractivity contribution in [1.82, 2.24) is 0 Å². The third-order valence-electron chi connectivity index (χ3n) is 3.21. The Kier molecular flexibility index (Phi) is 5.26. The highest BCUT2D eigenvalue weighted by molar-refractivity contribution is 9.10. The van der Waals surface area contributed by atoms with Gasteiger partial charge in [0.05, 0.1) is 4.92 Å². The van der Waals surface area contributed by atoms with E-state index >= 15 is 0 Å². The molecule has 2 rings (SSSR count). The molecule has 1 atom stereocenters. The van der Waals surface area contributed by atoms with Gasteiger partial charge in [-0.25, -0.2) is 4.39 Å².